The van der Waals surface area contributed by atoms with Crippen molar-refractivity contribution in [3.8, 4) is 0 Å². The highest BCUT2D eigenvalue weighted by Crippen LogP contribution is 2.26. The molecule has 4 heteroatoms. The maximum absolute atomic E-state index is 11.9. The van der Waals surface area contributed by atoms with E-state index in [0.717, 1.165) is 0 Å². The summed E-state index contributed by atoms with van der Waals surface area (Å²) in [6.45, 7) is 2.10. The summed E-state index contributed by atoms with van der Waals surface area (Å²) in [7, 11) is 0. The first-order valence-electron chi connectivity index (χ1n) is 6.41. The molecule has 1 unspecified atom stereocenters. The minimum atomic E-state index is -0.0558. The van der Waals surface area contributed by atoms with Crippen LogP contribution in [0, 0.1) is 5.92 Å². The Morgan fingerprint density at radius 2 is 2.18 bits per heavy atom. The van der Waals surface area contributed by atoms with Gasteiger partial charge in [0.1, 0.15) is 5.69 Å². The van der Waals surface area contributed by atoms with Crippen LogP contribution >= 0.6 is 0 Å². The van der Waals surface area contributed by atoms with Crippen LogP contribution in [-0.4, -0.2) is 16.9 Å². The molecular weight excluding hydrogens is 214 g/mol. The van der Waals surface area contributed by atoms with Gasteiger partial charge in [-0.15, -0.1) is 0 Å². The fourth-order valence-corrected chi connectivity index (χ4v) is 2.58. The van der Waals surface area contributed by atoms with Crippen molar-refractivity contribution >= 4 is 11.6 Å². The van der Waals surface area contributed by atoms with Crippen LogP contribution in [0.25, 0.3) is 0 Å². The molecule has 1 aliphatic carbocycles. The number of hydrogen-bond acceptors (Lipinski definition) is 2. The van der Waals surface area contributed by atoms with Gasteiger partial charge in [0.25, 0.3) is 5.91 Å². The Kier molecular flexibility index (Phi) is 3.71. The summed E-state index contributed by atoms with van der Waals surface area (Å²) in [5.74, 6) is 0.569. The topological polar surface area (TPSA) is 70.9 Å². The molecule has 0 spiro atoms. The zero-order valence-electron chi connectivity index (χ0n) is 10.3. The Morgan fingerprint density at radius 1 is 1.47 bits per heavy atom. The first kappa shape index (κ1) is 12.0. The monoisotopic (exact) mass is 235 g/mol. The van der Waals surface area contributed by atoms with Gasteiger partial charge in [-0.05, 0) is 31.7 Å². The zero-order valence-corrected chi connectivity index (χ0v) is 10.3. The lowest BCUT2D eigenvalue weighted by atomic mass is 9.84. The van der Waals surface area contributed by atoms with E-state index in [2.05, 4.69) is 17.2 Å². The molecule has 1 heterocycles. The van der Waals surface area contributed by atoms with E-state index >= 15 is 0 Å². The maximum Gasteiger partial charge on any atom is 0.267 e. The van der Waals surface area contributed by atoms with Gasteiger partial charge in [-0.1, -0.05) is 19.3 Å². The number of nitrogens with two attached hydrogens (primary N) is 1. The van der Waals surface area contributed by atoms with Gasteiger partial charge >= 0.3 is 0 Å². The van der Waals surface area contributed by atoms with E-state index in [1.807, 2.05) is 0 Å². The number of aromatic amines is 1. The summed E-state index contributed by atoms with van der Waals surface area (Å²) in [6, 6.07) is 1.91. The van der Waals surface area contributed by atoms with Crippen molar-refractivity contribution in [1.29, 1.82) is 0 Å². The van der Waals surface area contributed by atoms with Crippen molar-refractivity contribution in [3.63, 3.8) is 0 Å². The van der Waals surface area contributed by atoms with E-state index < -0.39 is 0 Å². The van der Waals surface area contributed by atoms with Crippen LogP contribution in [0.1, 0.15) is 49.5 Å². The van der Waals surface area contributed by atoms with Gasteiger partial charge in [-0.2, -0.15) is 0 Å². The highest BCUT2D eigenvalue weighted by atomic mass is 16.1. The molecule has 1 atom stereocenters. The molecule has 1 amide bonds. The molecule has 1 aromatic rings. The molecule has 17 heavy (non-hydrogen) atoms. The van der Waals surface area contributed by atoms with Crippen LogP contribution in [0.3, 0.4) is 0 Å². The van der Waals surface area contributed by atoms with E-state index in [1.54, 1.807) is 12.3 Å². The molecule has 0 saturated heterocycles. The Hall–Kier alpha value is -1.45. The number of amides is 1. The van der Waals surface area contributed by atoms with Gasteiger partial charge in [0.05, 0.1) is 0 Å². The molecule has 0 bridgehead atoms. The third-order valence-electron chi connectivity index (χ3n) is 3.67. The van der Waals surface area contributed by atoms with Crippen molar-refractivity contribution in [2.45, 2.75) is 45.1 Å². The summed E-state index contributed by atoms with van der Waals surface area (Å²) in [4.78, 5) is 14.8. The fraction of sp³-hybridized carbons (Fsp3) is 0.615. The standard InChI is InChI=1S/C13H21N3O/c1-9(10-5-3-2-4-6-10)16-13(17)12-7-11(14)8-15-12/h7-10,15H,2-6,14H2,1H3,(H,16,17). The van der Waals surface area contributed by atoms with E-state index in [4.69, 9.17) is 5.73 Å². The van der Waals surface area contributed by atoms with Crippen molar-refractivity contribution < 1.29 is 4.79 Å². The van der Waals surface area contributed by atoms with Crippen LogP contribution < -0.4 is 11.1 Å². The van der Waals surface area contributed by atoms with Gasteiger partial charge in [-0.25, -0.2) is 0 Å². The van der Waals surface area contributed by atoms with Crippen molar-refractivity contribution in [1.82, 2.24) is 10.3 Å². The van der Waals surface area contributed by atoms with E-state index in [0.29, 0.717) is 17.3 Å². The molecule has 1 saturated carbocycles. The molecule has 1 fully saturated rings. The maximum atomic E-state index is 11.9. The van der Waals surface area contributed by atoms with E-state index in [9.17, 15) is 4.79 Å². The number of aromatic nitrogens is 1. The Labute approximate surface area is 102 Å². The molecular formula is C13H21N3O. The quantitative estimate of drug-likeness (QED) is 0.752. The zero-order chi connectivity index (χ0) is 12.3. The molecule has 4 N–H and O–H groups in total. The average molecular weight is 235 g/mol. The first-order chi connectivity index (χ1) is 8.16. The molecule has 1 aromatic heterocycles. The average Bonchev–Trinajstić information content (AvgIpc) is 2.77. The minimum absolute atomic E-state index is 0.0558. The van der Waals surface area contributed by atoms with Crippen molar-refractivity contribution in [2.24, 2.45) is 5.92 Å². The molecule has 2 rings (SSSR count). The number of H-pyrrole nitrogens is 1. The van der Waals surface area contributed by atoms with Gasteiger partial charge in [0.15, 0.2) is 0 Å². The molecule has 1 aliphatic rings. The molecule has 94 valence electrons. The molecule has 4 nitrogen and oxygen atoms in total. The van der Waals surface area contributed by atoms with Crippen LogP contribution in [0.2, 0.25) is 0 Å². The largest absolute Gasteiger partial charge is 0.397 e. The second-order valence-electron chi connectivity index (χ2n) is 5.01. The second-order valence-corrected chi connectivity index (χ2v) is 5.01. The lowest BCUT2D eigenvalue weighted by molar-refractivity contribution is 0.0915. The Morgan fingerprint density at radius 3 is 2.76 bits per heavy atom. The lowest BCUT2D eigenvalue weighted by Gasteiger charge is -2.28. The summed E-state index contributed by atoms with van der Waals surface area (Å²) in [5.41, 5.74) is 6.72. The second kappa shape index (κ2) is 5.25. The van der Waals surface area contributed by atoms with Crippen LogP contribution in [0.15, 0.2) is 12.3 Å². The molecule has 0 aliphatic heterocycles. The lowest BCUT2D eigenvalue weighted by Crippen LogP contribution is -2.39. The normalized spacial score (nSPS) is 18.9. The molecule has 0 aromatic carbocycles. The summed E-state index contributed by atoms with van der Waals surface area (Å²) >= 11 is 0. The van der Waals surface area contributed by atoms with Gasteiger partial charge < -0.3 is 16.0 Å². The van der Waals surface area contributed by atoms with Crippen LogP contribution in [0.5, 0.6) is 0 Å². The predicted octanol–water partition coefficient (Wildman–Crippen LogP) is 2.30. The van der Waals surface area contributed by atoms with Gasteiger partial charge in [0.2, 0.25) is 0 Å². The number of nitrogens with one attached hydrogen (secondary N) is 2. The SMILES string of the molecule is CC(NC(=O)c1cc(N)c[nH]1)C1CCCCC1. The Balaban J connectivity index is 1.89. The minimum Gasteiger partial charge on any atom is -0.397 e. The summed E-state index contributed by atoms with van der Waals surface area (Å²) < 4.78 is 0. The van der Waals surface area contributed by atoms with Crippen LogP contribution in [0.4, 0.5) is 5.69 Å². The number of anilines is 1. The van der Waals surface area contributed by atoms with E-state index in [1.165, 1.54) is 32.1 Å². The highest BCUT2D eigenvalue weighted by Gasteiger charge is 2.22. The Bertz CT molecular complexity index is 380. The summed E-state index contributed by atoms with van der Waals surface area (Å²) in [5, 5.41) is 3.05. The third kappa shape index (κ3) is 3.02. The smallest absolute Gasteiger partial charge is 0.267 e. The number of carbonyl (C=O) groups is 1. The van der Waals surface area contributed by atoms with Gasteiger partial charge in [0, 0.05) is 17.9 Å². The highest BCUT2D eigenvalue weighted by molar-refractivity contribution is 5.93. The van der Waals surface area contributed by atoms with Gasteiger partial charge in [-0.3, -0.25) is 4.79 Å². The molecule has 0 radical (unpaired) electrons. The van der Waals surface area contributed by atoms with Crippen molar-refractivity contribution in [3.05, 3.63) is 18.0 Å². The number of carbonyl (C=O) groups excluding carboxylic acids is 1. The van der Waals surface area contributed by atoms with E-state index in [-0.39, 0.29) is 11.9 Å². The summed E-state index contributed by atoms with van der Waals surface area (Å²) in [6.07, 6.45) is 8.02. The fourth-order valence-electron chi connectivity index (χ4n) is 2.58. The van der Waals surface area contributed by atoms with Crippen LogP contribution in [-0.2, 0) is 0 Å². The number of hydrogen-bond donors (Lipinski definition) is 3. The first-order valence-corrected chi connectivity index (χ1v) is 6.41. The third-order valence-corrected chi connectivity index (χ3v) is 3.67. The number of nitrogen functional groups attached to an aromatic ring is 1. The number of rotatable bonds is 3. The predicted molar refractivity (Wildman–Crippen MR) is 68.7 cm³/mol. The van der Waals surface area contributed by atoms with Crippen molar-refractivity contribution in [2.75, 3.05) is 5.73 Å².